The zero-order chi connectivity index (χ0) is 11.0. The number of nitrogens with zero attached hydrogens (tertiary/aromatic N) is 2. The molecule has 0 radical (unpaired) electrons. The molecule has 1 aromatic rings. The van der Waals surface area contributed by atoms with Crippen LogP contribution in [0.4, 0.5) is 0 Å². The van der Waals surface area contributed by atoms with Crippen LogP contribution >= 0.6 is 12.4 Å². The van der Waals surface area contributed by atoms with E-state index in [0.717, 1.165) is 6.07 Å². The van der Waals surface area contributed by atoms with Gasteiger partial charge in [0.25, 0.3) is 0 Å². The number of carboxylic acids is 2. The highest BCUT2D eigenvalue weighted by Crippen LogP contribution is 2.15. The number of carbonyl (C=O) groups is 2. The molecule has 0 spiro atoms. The Labute approximate surface area is 96.5 Å². The molecule has 2 heterocycles. The molecule has 7 nitrogen and oxygen atoms in total. The van der Waals surface area contributed by atoms with Crippen LogP contribution in [0.3, 0.4) is 0 Å². The van der Waals surface area contributed by atoms with Gasteiger partial charge in [-0.05, 0) is 0 Å². The average Bonchev–Trinajstić information content (AvgIpc) is 2.45. The first-order valence-corrected chi connectivity index (χ1v) is 4.36. The largest absolute Gasteiger partial charge is 0.477 e. The maximum absolute atomic E-state index is 10.8. The fourth-order valence-electron chi connectivity index (χ4n) is 1.38. The van der Waals surface area contributed by atoms with Gasteiger partial charge in [0.2, 0.25) is 0 Å². The number of carboxylic acid groups (broad SMARTS) is 2. The number of rotatable bonds is 3. The van der Waals surface area contributed by atoms with E-state index in [9.17, 15) is 9.59 Å². The number of hydrogen-bond acceptors (Lipinski definition) is 4. The van der Waals surface area contributed by atoms with Crippen molar-refractivity contribution in [1.82, 2.24) is 15.1 Å². The van der Waals surface area contributed by atoms with Crippen LogP contribution in [0.2, 0.25) is 0 Å². The molecule has 1 saturated heterocycles. The van der Waals surface area contributed by atoms with Gasteiger partial charge in [-0.25, -0.2) is 9.59 Å². The molecular formula is C8H10ClN3O4. The van der Waals surface area contributed by atoms with Gasteiger partial charge in [0, 0.05) is 19.2 Å². The van der Waals surface area contributed by atoms with E-state index in [4.69, 9.17) is 10.2 Å². The summed E-state index contributed by atoms with van der Waals surface area (Å²) in [5.74, 6) is -2.38. The summed E-state index contributed by atoms with van der Waals surface area (Å²) in [5.41, 5.74) is -0.321. The molecule has 1 aliphatic heterocycles. The predicted molar refractivity (Wildman–Crippen MR) is 55.3 cm³/mol. The molecule has 0 saturated carbocycles. The van der Waals surface area contributed by atoms with Gasteiger partial charge in [-0.15, -0.1) is 12.4 Å². The average molecular weight is 248 g/mol. The number of aromatic nitrogens is 2. The smallest absolute Gasteiger partial charge is 0.356 e. The van der Waals surface area contributed by atoms with Crippen molar-refractivity contribution in [3.05, 3.63) is 17.5 Å². The van der Waals surface area contributed by atoms with Crippen molar-refractivity contribution in [3.63, 3.8) is 0 Å². The van der Waals surface area contributed by atoms with Gasteiger partial charge in [-0.2, -0.15) is 5.10 Å². The third-order valence-corrected chi connectivity index (χ3v) is 2.28. The second kappa shape index (κ2) is 4.50. The zero-order valence-electron chi connectivity index (χ0n) is 8.08. The minimum Gasteiger partial charge on any atom is -0.477 e. The van der Waals surface area contributed by atoms with Gasteiger partial charge in [0.05, 0.1) is 6.04 Å². The topological polar surface area (TPSA) is 104 Å². The highest BCUT2D eigenvalue weighted by atomic mass is 35.5. The van der Waals surface area contributed by atoms with Gasteiger partial charge < -0.3 is 15.5 Å². The lowest BCUT2D eigenvalue weighted by Crippen LogP contribution is -2.44. The van der Waals surface area contributed by atoms with Crippen molar-refractivity contribution < 1.29 is 19.8 Å². The fourth-order valence-corrected chi connectivity index (χ4v) is 1.38. The Kier molecular flexibility index (Phi) is 3.51. The second-order valence-corrected chi connectivity index (χ2v) is 3.28. The van der Waals surface area contributed by atoms with Crippen molar-refractivity contribution in [2.24, 2.45) is 0 Å². The van der Waals surface area contributed by atoms with Crippen LogP contribution in [0.1, 0.15) is 27.0 Å². The highest BCUT2D eigenvalue weighted by molar-refractivity contribution is 5.91. The summed E-state index contributed by atoms with van der Waals surface area (Å²) in [6.45, 7) is 1.22. The van der Waals surface area contributed by atoms with E-state index in [1.807, 2.05) is 0 Å². The van der Waals surface area contributed by atoms with Crippen LogP contribution in [0.5, 0.6) is 0 Å². The highest BCUT2D eigenvalue weighted by Gasteiger charge is 2.27. The van der Waals surface area contributed by atoms with Crippen LogP contribution in [0, 0.1) is 0 Å². The van der Waals surface area contributed by atoms with Crippen molar-refractivity contribution in [3.8, 4) is 0 Å². The first-order chi connectivity index (χ1) is 7.09. The summed E-state index contributed by atoms with van der Waals surface area (Å²) in [6.07, 6.45) is 0. The summed E-state index contributed by atoms with van der Waals surface area (Å²) < 4.78 is 1.25. The van der Waals surface area contributed by atoms with Gasteiger partial charge in [-0.3, -0.25) is 4.68 Å². The van der Waals surface area contributed by atoms with E-state index in [-0.39, 0.29) is 29.8 Å². The molecular weight excluding hydrogens is 238 g/mol. The molecule has 0 amide bonds. The Morgan fingerprint density at radius 2 is 2.00 bits per heavy atom. The first kappa shape index (κ1) is 12.5. The molecule has 1 fully saturated rings. The molecule has 0 aromatic carbocycles. The molecule has 16 heavy (non-hydrogen) atoms. The number of hydrogen-bond donors (Lipinski definition) is 3. The normalized spacial score (nSPS) is 15.0. The molecule has 1 aromatic heterocycles. The van der Waals surface area contributed by atoms with Crippen LogP contribution in [-0.2, 0) is 0 Å². The van der Waals surface area contributed by atoms with Gasteiger partial charge in [-0.1, -0.05) is 0 Å². The monoisotopic (exact) mass is 247 g/mol. The van der Waals surface area contributed by atoms with E-state index < -0.39 is 11.9 Å². The summed E-state index contributed by atoms with van der Waals surface area (Å²) in [5, 5.41) is 24.3. The van der Waals surface area contributed by atoms with Crippen molar-refractivity contribution >= 4 is 24.3 Å². The Balaban J connectivity index is 0.00000128. The minimum absolute atomic E-state index is 0. The van der Waals surface area contributed by atoms with E-state index in [1.165, 1.54) is 4.68 Å². The Bertz CT molecular complexity index is 427. The Morgan fingerprint density at radius 1 is 1.38 bits per heavy atom. The first-order valence-electron chi connectivity index (χ1n) is 4.36. The molecule has 3 N–H and O–H groups in total. The SMILES string of the molecule is Cl.O=C(O)c1cc(C(=O)O)n(C2CNC2)n1. The molecule has 0 unspecified atom stereocenters. The Hall–Kier alpha value is -1.60. The molecule has 8 heteroatoms. The maximum atomic E-state index is 10.8. The molecule has 2 rings (SSSR count). The van der Waals surface area contributed by atoms with Crippen LogP contribution < -0.4 is 5.32 Å². The van der Waals surface area contributed by atoms with Crippen molar-refractivity contribution in [1.29, 1.82) is 0 Å². The number of halogens is 1. The molecule has 88 valence electrons. The van der Waals surface area contributed by atoms with Gasteiger partial charge in [0.1, 0.15) is 5.69 Å². The summed E-state index contributed by atoms with van der Waals surface area (Å²) in [7, 11) is 0. The molecule has 0 atom stereocenters. The molecule has 0 aliphatic carbocycles. The summed E-state index contributed by atoms with van der Waals surface area (Å²) >= 11 is 0. The third kappa shape index (κ3) is 2.00. The van der Waals surface area contributed by atoms with E-state index in [0.29, 0.717) is 13.1 Å². The number of nitrogens with one attached hydrogen (secondary N) is 1. The maximum Gasteiger partial charge on any atom is 0.356 e. The lowest BCUT2D eigenvalue weighted by atomic mass is 10.2. The number of aromatic carboxylic acids is 2. The molecule has 0 bridgehead atoms. The summed E-state index contributed by atoms with van der Waals surface area (Å²) in [4.78, 5) is 21.5. The van der Waals surface area contributed by atoms with Crippen LogP contribution in [-0.4, -0.2) is 45.0 Å². The van der Waals surface area contributed by atoms with Crippen molar-refractivity contribution in [2.45, 2.75) is 6.04 Å². The van der Waals surface area contributed by atoms with Crippen LogP contribution in [0.25, 0.3) is 0 Å². The van der Waals surface area contributed by atoms with E-state index in [1.54, 1.807) is 0 Å². The second-order valence-electron chi connectivity index (χ2n) is 3.28. The van der Waals surface area contributed by atoms with E-state index >= 15 is 0 Å². The standard InChI is InChI=1S/C8H9N3O4.ClH/c12-7(13)5-1-6(8(14)15)11(10-5)4-2-9-3-4;/h1,4,9H,2-3H2,(H,12,13)(H,14,15);1H. The van der Waals surface area contributed by atoms with Gasteiger partial charge in [0.15, 0.2) is 5.69 Å². The van der Waals surface area contributed by atoms with Crippen LogP contribution in [0.15, 0.2) is 6.07 Å². The van der Waals surface area contributed by atoms with Gasteiger partial charge >= 0.3 is 11.9 Å². The predicted octanol–water partition coefficient (Wildman–Crippen LogP) is -0.154. The van der Waals surface area contributed by atoms with E-state index in [2.05, 4.69) is 10.4 Å². The molecule has 1 aliphatic rings. The fraction of sp³-hybridized carbons (Fsp3) is 0.375. The summed E-state index contributed by atoms with van der Waals surface area (Å²) in [6, 6.07) is 1.01. The van der Waals surface area contributed by atoms with Crippen molar-refractivity contribution in [2.75, 3.05) is 13.1 Å². The third-order valence-electron chi connectivity index (χ3n) is 2.28. The lowest BCUT2D eigenvalue weighted by molar-refractivity contribution is 0.0669. The quantitative estimate of drug-likeness (QED) is 0.686. The minimum atomic E-state index is -1.22. The Morgan fingerprint density at radius 3 is 2.38 bits per heavy atom. The lowest BCUT2D eigenvalue weighted by Gasteiger charge is -2.28. The zero-order valence-corrected chi connectivity index (χ0v) is 8.90.